The van der Waals surface area contributed by atoms with Gasteiger partial charge in [-0.1, -0.05) is 161 Å². The van der Waals surface area contributed by atoms with Crippen molar-refractivity contribution in [3.8, 4) is 0 Å². The highest BCUT2D eigenvalue weighted by atomic mass is 35.5. The number of nitrogens with two attached hydrogens (primary N) is 1. The molecule has 1 aromatic rings. The lowest BCUT2D eigenvalue weighted by Gasteiger charge is -2.19. The lowest BCUT2D eigenvalue weighted by atomic mass is 9.89. The zero-order valence-corrected chi connectivity index (χ0v) is 24.2. The highest BCUT2D eigenvalue weighted by molar-refractivity contribution is 5.85. The van der Waals surface area contributed by atoms with E-state index < -0.39 is 0 Å². The maximum Gasteiger partial charge on any atom is 0.0297 e. The molecule has 0 heterocycles. The SMILES string of the molecule is CCCCCCCCCCCCCCCCCCCC(N)c1cccc(CCC)c1CCC.Cl. The summed E-state index contributed by atoms with van der Waals surface area (Å²) >= 11 is 0. The van der Waals surface area contributed by atoms with E-state index in [0.717, 1.165) is 6.42 Å². The van der Waals surface area contributed by atoms with Crippen molar-refractivity contribution in [2.45, 2.75) is 168 Å². The summed E-state index contributed by atoms with van der Waals surface area (Å²) in [5.41, 5.74) is 11.2. The quantitative estimate of drug-likeness (QED) is 0.151. The van der Waals surface area contributed by atoms with Gasteiger partial charge in [0.15, 0.2) is 0 Å². The molecule has 0 saturated carbocycles. The van der Waals surface area contributed by atoms with Crippen LogP contribution in [-0.2, 0) is 12.8 Å². The Bertz CT molecular complexity index is 556. The molecule has 0 amide bonds. The lowest BCUT2D eigenvalue weighted by molar-refractivity contribution is 0.516. The van der Waals surface area contributed by atoms with E-state index in [1.54, 1.807) is 5.56 Å². The van der Waals surface area contributed by atoms with E-state index in [2.05, 4.69) is 39.0 Å². The zero-order valence-electron chi connectivity index (χ0n) is 23.4. The molecule has 2 N–H and O–H groups in total. The molecule has 0 saturated heterocycles. The Labute approximate surface area is 220 Å². The lowest BCUT2D eigenvalue weighted by Crippen LogP contribution is -2.14. The van der Waals surface area contributed by atoms with E-state index in [0.29, 0.717) is 0 Å². The number of rotatable bonds is 23. The molecule has 0 aliphatic heterocycles. The number of unbranched alkanes of at least 4 members (excludes halogenated alkanes) is 16. The van der Waals surface area contributed by atoms with Crippen molar-refractivity contribution in [2.75, 3.05) is 0 Å². The summed E-state index contributed by atoms with van der Waals surface area (Å²) in [6.45, 7) is 6.86. The second kappa shape index (κ2) is 24.2. The summed E-state index contributed by atoms with van der Waals surface area (Å²) in [4.78, 5) is 0. The molecule has 34 heavy (non-hydrogen) atoms. The number of benzene rings is 1. The summed E-state index contributed by atoms with van der Waals surface area (Å²) in [6.07, 6.45) is 30.2. The smallest absolute Gasteiger partial charge is 0.0297 e. The molecular formula is C32H60ClN. The molecule has 1 nitrogen and oxygen atoms in total. The number of hydrogen-bond donors (Lipinski definition) is 1. The van der Waals surface area contributed by atoms with Gasteiger partial charge in [-0.2, -0.15) is 0 Å². The Balaban J connectivity index is 0.0000109. The molecule has 0 radical (unpaired) electrons. The fourth-order valence-electron chi connectivity index (χ4n) is 5.30. The van der Waals surface area contributed by atoms with Crippen LogP contribution in [0.25, 0.3) is 0 Å². The zero-order chi connectivity index (χ0) is 24.0. The van der Waals surface area contributed by atoms with Gasteiger partial charge >= 0.3 is 0 Å². The predicted molar refractivity (Wildman–Crippen MR) is 157 cm³/mol. The van der Waals surface area contributed by atoms with Crippen LogP contribution in [-0.4, -0.2) is 0 Å². The molecule has 1 unspecified atom stereocenters. The maximum absolute atomic E-state index is 6.66. The Kier molecular flexibility index (Phi) is 23.8. The van der Waals surface area contributed by atoms with Crippen LogP contribution in [0.2, 0.25) is 0 Å². The van der Waals surface area contributed by atoms with Gasteiger partial charge in [-0.25, -0.2) is 0 Å². The van der Waals surface area contributed by atoms with Gasteiger partial charge in [0.05, 0.1) is 0 Å². The van der Waals surface area contributed by atoms with Gasteiger partial charge in [-0.05, 0) is 36.0 Å². The summed E-state index contributed by atoms with van der Waals surface area (Å²) in [5, 5.41) is 0. The monoisotopic (exact) mass is 493 g/mol. The van der Waals surface area contributed by atoms with E-state index in [4.69, 9.17) is 5.73 Å². The van der Waals surface area contributed by atoms with Crippen LogP contribution < -0.4 is 5.73 Å². The summed E-state index contributed by atoms with van der Waals surface area (Å²) < 4.78 is 0. The van der Waals surface area contributed by atoms with E-state index in [1.807, 2.05) is 0 Å². The fourth-order valence-corrected chi connectivity index (χ4v) is 5.30. The second-order valence-electron chi connectivity index (χ2n) is 10.5. The van der Waals surface area contributed by atoms with Crippen molar-refractivity contribution in [3.63, 3.8) is 0 Å². The molecule has 1 aromatic carbocycles. The maximum atomic E-state index is 6.66. The molecule has 1 atom stereocenters. The Morgan fingerprint density at radius 2 is 1.00 bits per heavy atom. The first-order chi connectivity index (χ1) is 16.2. The highest BCUT2D eigenvalue weighted by Gasteiger charge is 2.13. The van der Waals surface area contributed by atoms with E-state index in [9.17, 15) is 0 Å². The van der Waals surface area contributed by atoms with Crippen LogP contribution in [0, 0.1) is 0 Å². The van der Waals surface area contributed by atoms with Crippen LogP contribution in [0.4, 0.5) is 0 Å². The normalized spacial score (nSPS) is 12.0. The molecule has 0 bridgehead atoms. The summed E-state index contributed by atoms with van der Waals surface area (Å²) in [6, 6.07) is 7.07. The van der Waals surface area contributed by atoms with E-state index in [1.165, 1.54) is 146 Å². The van der Waals surface area contributed by atoms with Crippen LogP contribution in [0.1, 0.15) is 172 Å². The largest absolute Gasteiger partial charge is 0.324 e. The number of aryl methyl sites for hydroxylation is 1. The van der Waals surface area contributed by atoms with Crippen LogP contribution in [0.5, 0.6) is 0 Å². The number of hydrogen-bond acceptors (Lipinski definition) is 1. The first-order valence-electron chi connectivity index (χ1n) is 15.1. The first-order valence-corrected chi connectivity index (χ1v) is 15.1. The fraction of sp³-hybridized carbons (Fsp3) is 0.812. The Hall–Kier alpha value is -0.530. The van der Waals surface area contributed by atoms with Crippen molar-refractivity contribution >= 4 is 12.4 Å². The molecule has 1 rings (SSSR count). The van der Waals surface area contributed by atoms with Crippen molar-refractivity contribution in [1.82, 2.24) is 0 Å². The molecule has 2 heteroatoms. The third kappa shape index (κ3) is 16.2. The highest BCUT2D eigenvalue weighted by Crippen LogP contribution is 2.26. The first kappa shape index (κ1) is 33.5. The Morgan fingerprint density at radius 3 is 1.44 bits per heavy atom. The predicted octanol–water partition coefficient (Wildman–Crippen LogP) is 11.1. The average Bonchev–Trinajstić information content (AvgIpc) is 2.82. The van der Waals surface area contributed by atoms with Crippen LogP contribution >= 0.6 is 12.4 Å². The average molecular weight is 494 g/mol. The molecular weight excluding hydrogens is 434 g/mol. The van der Waals surface area contributed by atoms with Gasteiger partial charge in [0.2, 0.25) is 0 Å². The number of halogens is 1. The van der Waals surface area contributed by atoms with Crippen molar-refractivity contribution in [1.29, 1.82) is 0 Å². The van der Waals surface area contributed by atoms with Gasteiger partial charge in [-0.15, -0.1) is 12.4 Å². The third-order valence-electron chi connectivity index (χ3n) is 7.35. The molecule has 0 aliphatic carbocycles. The van der Waals surface area contributed by atoms with Gasteiger partial charge in [0.1, 0.15) is 0 Å². The summed E-state index contributed by atoms with van der Waals surface area (Å²) in [7, 11) is 0. The minimum Gasteiger partial charge on any atom is -0.324 e. The second-order valence-corrected chi connectivity index (χ2v) is 10.5. The molecule has 0 fully saturated rings. The van der Waals surface area contributed by atoms with Gasteiger partial charge in [-0.3, -0.25) is 0 Å². The standard InChI is InChI=1S/C32H59N.ClH/c1-4-7-8-9-10-11-12-13-14-15-16-17-18-19-20-21-22-28-32(33)31-27-23-26-29(24-5-2)30(31)25-6-3;/h23,26-27,32H,4-22,24-25,28,33H2,1-3H3;1H. The minimum absolute atomic E-state index is 0. The van der Waals surface area contributed by atoms with E-state index in [-0.39, 0.29) is 18.4 Å². The summed E-state index contributed by atoms with van der Waals surface area (Å²) in [5.74, 6) is 0. The van der Waals surface area contributed by atoms with E-state index >= 15 is 0 Å². The Morgan fingerprint density at radius 1 is 0.559 bits per heavy atom. The molecule has 200 valence electrons. The van der Waals surface area contributed by atoms with Crippen molar-refractivity contribution in [2.24, 2.45) is 5.73 Å². The minimum atomic E-state index is 0. The van der Waals surface area contributed by atoms with Crippen LogP contribution in [0.3, 0.4) is 0 Å². The van der Waals surface area contributed by atoms with Crippen LogP contribution in [0.15, 0.2) is 18.2 Å². The van der Waals surface area contributed by atoms with Crippen molar-refractivity contribution in [3.05, 3.63) is 34.9 Å². The van der Waals surface area contributed by atoms with Crippen molar-refractivity contribution < 1.29 is 0 Å². The van der Waals surface area contributed by atoms with Gasteiger partial charge < -0.3 is 5.73 Å². The molecule has 0 spiro atoms. The molecule has 0 aromatic heterocycles. The topological polar surface area (TPSA) is 26.0 Å². The van der Waals surface area contributed by atoms with Gasteiger partial charge in [0, 0.05) is 6.04 Å². The third-order valence-corrected chi connectivity index (χ3v) is 7.35. The molecule has 0 aliphatic rings. The van der Waals surface area contributed by atoms with Gasteiger partial charge in [0.25, 0.3) is 0 Å².